The van der Waals surface area contributed by atoms with Crippen molar-refractivity contribution in [3.05, 3.63) is 59.9 Å². The molecule has 3 rings (SSSR count). The summed E-state index contributed by atoms with van der Waals surface area (Å²) < 4.78 is 16.3. The van der Waals surface area contributed by atoms with Gasteiger partial charge in [0.2, 0.25) is 0 Å². The van der Waals surface area contributed by atoms with Crippen molar-refractivity contribution in [2.75, 3.05) is 20.8 Å². The Kier molecular flexibility index (Phi) is 5.23. The van der Waals surface area contributed by atoms with Gasteiger partial charge in [-0.05, 0) is 30.7 Å². The molecular formula is C20H21NO4. The summed E-state index contributed by atoms with van der Waals surface area (Å²) >= 11 is 0. The molecule has 0 aliphatic carbocycles. The fourth-order valence-electron chi connectivity index (χ4n) is 2.79. The molecule has 130 valence electrons. The van der Waals surface area contributed by atoms with Crippen molar-refractivity contribution in [3.63, 3.8) is 0 Å². The summed E-state index contributed by atoms with van der Waals surface area (Å²) in [7, 11) is 3.07. The zero-order chi connectivity index (χ0) is 17.6. The maximum Gasteiger partial charge on any atom is 0.255 e. The Hall–Kier alpha value is -2.95. The van der Waals surface area contributed by atoms with Crippen LogP contribution in [-0.2, 0) is 6.42 Å². The zero-order valence-electron chi connectivity index (χ0n) is 14.4. The van der Waals surface area contributed by atoms with Crippen molar-refractivity contribution < 1.29 is 18.7 Å². The molecule has 0 aliphatic heterocycles. The summed E-state index contributed by atoms with van der Waals surface area (Å²) in [4.78, 5) is 12.4. The smallest absolute Gasteiger partial charge is 0.255 e. The second-order valence-corrected chi connectivity index (χ2v) is 5.65. The maximum atomic E-state index is 12.4. The molecule has 0 fully saturated rings. The van der Waals surface area contributed by atoms with Gasteiger partial charge in [-0.3, -0.25) is 4.79 Å². The molecule has 0 spiro atoms. The Labute approximate surface area is 146 Å². The highest BCUT2D eigenvalue weighted by molar-refractivity contribution is 5.97. The highest BCUT2D eigenvalue weighted by atomic mass is 16.5. The molecule has 0 atom stereocenters. The van der Waals surface area contributed by atoms with Crippen LogP contribution in [0.15, 0.2) is 52.9 Å². The number of nitrogens with one attached hydrogen (secondary N) is 1. The third-order valence-electron chi connectivity index (χ3n) is 4.01. The predicted molar refractivity (Wildman–Crippen MR) is 96.4 cm³/mol. The normalized spacial score (nSPS) is 10.6. The molecule has 5 heteroatoms. The van der Waals surface area contributed by atoms with Gasteiger partial charge < -0.3 is 19.2 Å². The van der Waals surface area contributed by atoms with Crippen molar-refractivity contribution >= 4 is 16.9 Å². The highest BCUT2D eigenvalue weighted by Crippen LogP contribution is 2.30. The van der Waals surface area contributed by atoms with E-state index in [0.29, 0.717) is 23.6 Å². The lowest BCUT2D eigenvalue weighted by Crippen LogP contribution is -2.25. The number of hydrogen-bond donors (Lipinski definition) is 1. The molecule has 0 aliphatic rings. The summed E-state index contributed by atoms with van der Waals surface area (Å²) in [5.74, 6) is 1.73. The molecule has 0 bridgehead atoms. The number of ether oxygens (including phenoxy) is 2. The van der Waals surface area contributed by atoms with E-state index in [9.17, 15) is 4.79 Å². The third-order valence-corrected chi connectivity index (χ3v) is 4.01. The Bertz CT molecular complexity index is 836. The number of hydrogen-bond acceptors (Lipinski definition) is 4. The van der Waals surface area contributed by atoms with Crippen LogP contribution in [0.5, 0.6) is 11.5 Å². The lowest BCUT2D eigenvalue weighted by Gasteiger charge is -2.12. The second kappa shape index (κ2) is 7.75. The van der Waals surface area contributed by atoms with Gasteiger partial charge in [0, 0.05) is 18.4 Å². The van der Waals surface area contributed by atoms with Crippen molar-refractivity contribution in [2.24, 2.45) is 0 Å². The molecule has 0 saturated carbocycles. The average Bonchev–Trinajstić information content (AvgIpc) is 3.07. The highest BCUT2D eigenvalue weighted by Gasteiger charge is 2.15. The Morgan fingerprint density at radius 3 is 2.68 bits per heavy atom. The first kappa shape index (κ1) is 16.9. The van der Waals surface area contributed by atoms with Crippen LogP contribution in [0.3, 0.4) is 0 Å². The predicted octanol–water partition coefficient (Wildman–Crippen LogP) is 3.81. The summed E-state index contributed by atoms with van der Waals surface area (Å²) in [6.07, 6.45) is 1.56. The van der Waals surface area contributed by atoms with Crippen LogP contribution in [0.1, 0.15) is 22.5 Å². The van der Waals surface area contributed by atoms with Gasteiger partial charge in [-0.15, -0.1) is 0 Å². The standard InChI is InChI=1S/C20H21NO4/c1-23-18-11-5-9-16(19(18)24-2)20(22)21-12-6-8-15-13-14-7-3-4-10-17(14)25-15/h3-5,7,9-11,13H,6,8,12H2,1-2H3,(H,21,22). The number of aryl methyl sites for hydroxylation is 1. The van der Waals surface area contributed by atoms with Gasteiger partial charge in [-0.1, -0.05) is 24.3 Å². The first-order chi connectivity index (χ1) is 12.2. The molecule has 5 nitrogen and oxygen atoms in total. The van der Waals surface area contributed by atoms with Crippen LogP contribution in [0, 0.1) is 0 Å². The van der Waals surface area contributed by atoms with Gasteiger partial charge in [0.1, 0.15) is 11.3 Å². The number of furan rings is 1. The number of fused-ring (bicyclic) bond motifs is 1. The quantitative estimate of drug-likeness (QED) is 0.665. The van der Waals surface area contributed by atoms with E-state index in [4.69, 9.17) is 13.9 Å². The molecule has 25 heavy (non-hydrogen) atoms. The van der Waals surface area contributed by atoms with Gasteiger partial charge >= 0.3 is 0 Å². The second-order valence-electron chi connectivity index (χ2n) is 5.65. The summed E-state index contributed by atoms with van der Waals surface area (Å²) in [6.45, 7) is 0.552. The number of carbonyl (C=O) groups excluding carboxylic acids is 1. The van der Waals surface area contributed by atoms with Crippen LogP contribution in [-0.4, -0.2) is 26.7 Å². The largest absolute Gasteiger partial charge is 0.493 e. The molecule has 2 aromatic carbocycles. The third kappa shape index (κ3) is 3.76. The minimum absolute atomic E-state index is 0.180. The van der Waals surface area contributed by atoms with E-state index < -0.39 is 0 Å². The number of carbonyl (C=O) groups is 1. The van der Waals surface area contributed by atoms with E-state index in [1.807, 2.05) is 30.3 Å². The summed E-state index contributed by atoms with van der Waals surface area (Å²) in [5.41, 5.74) is 1.35. The van der Waals surface area contributed by atoms with E-state index in [1.54, 1.807) is 25.3 Å². The molecule has 1 amide bonds. The van der Waals surface area contributed by atoms with Gasteiger partial charge in [0.15, 0.2) is 11.5 Å². The molecule has 0 saturated heterocycles. The van der Waals surface area contributed by atoms with Gasteiger partial charge in [0.05, 0.1) is 19.8 Å². The molecule has 1 aromatic heterocycles. The minimum Gasteiger partial charge on any atom is -0.493 e. The molecule has 1 heterocycles. The molecule has 1 N–H and O–H groups in total. The number of methoxy groups -OCH3 is 2. The number of rotatable bonds is 7. The van der Waals surface area contributed by atoms with Crippen molar-refractivity contribution in [3.8, 4) is 11.5 Å². The molecule has 0 radical (unpaired) electrons. The van der Waals surface area contributed by atoms with E-state index >= 15 is 0 Å². The van der Waals surface area contributed by atoms with Gasteiger partial charge in [0.25, 0.3) is 5.91 Å². The van der Waals surface area contributed by atoms with Crippen LogP contribution in [0.25, 0.3) is 11.0 Å². The molecule has 3 aromatic rings. The Balaban J connectivity index is 1.56. The van der Waals surface area contributed by atoms with Crippen molar-refractivity contribution in [2.45, 2.75) is 12.8 Å². The fraction of sp³-hybridized carbons (Fsp3) is 0.250. The summed E-state index contributed by atoms with van der Waals surface area (Å²) in [5, 5.41) is 4.01. The zero-order valence-corrected chi connectivity index (χ0v) is 14.4. The van der Waals surface area contributed by atoms with E-state index in [1.165, 1.54) is 7.11 Å². The monoisotopic (exact) mass is 339 g/mol. The van der Waals surface area contributed by atoms with Crippen LogP contribution < -0.4 is 14.8 Å². The van der Waals surface area contributed by atoms with Crippen LogP contribution in [0.4, 0.5) is 0 Å². The van der Waals surface area contributed by atoms with E-state index in [-0.39, 0.29) is 5.91 Å². The summed E-state index contributed by atoms with van der Waals surface area (Å²) in [6, 6.07) is 15.2. The lowest BCUT2D eigenvalue weighted by atomic mass is 10.1. The van der Waals surface area contributed by atoms with Crippen LogP contribution in [0.2, 0.25) is 0 Å². The fourth-order valence-corrected chi connectivity index (χ4v) is 2.79. The van der Waals surface area contributed by atoms with Crippen molar-refractivity contribution in [1.29, 1.82) is 0 Å². The number of benzene rings is 2. The topological polar surface area (TPSA) is 60.7 Å². The van der Waals surface area contributed by atoms with E-state index in [2.05, 4.69) is 5.32 Å². The van der Waals surface area contributed by atoms with Crippen LogP contribution >= 0.6 is 0 Å². The number of amides is 1. The first-order valence-electron chi connectivity index (χ1n) is 8.19. The minimum atomic E-state index is -0.180. The van der Waals surface area contributed by atoms with Gasteiger partial charge in [-0.2, -0.15) is 0 Å². The average molecular weight is 339 g/mol. The maximum absolute atomic E-state index is 12.4. The molecular weight excluding hydrogens is 318 g/mol. The first-order valence-corrected chi connectivity index (χ1v) is 8.19. The Morgan fingerprint density at radius 1 is 1.08 bits per heavy atom. The molecule has 0 unspecified atom stereocenters. The van der Waals surface area contributed by atoms with E-state index in [0.717, 1.165) is 29.6 Å². The Morgan fingerprint density at radius 2 is 1.92 bits per heavy atom. The SMILES string of the molecule is COc1cccc(C(=O)NCCCc2cc3ccccc3o2)c1OC. The van der Waals surface area contributed by atoms with Crippen molar-refractivity contribution in [1.82, 2.24) is 5.32 Å². The number of para-hydroxylation sites is 2. The lowest BCUT2D eigenvalue weighted by molar-refractivity contribution is 0.0949. The van der Waals surface area contributed by atoms with Gasteiger partial charge in [-0.25, -0.2) is 0 Å².